The normalized spacial score (nSPS) is 12.7. The third-order valence-electron chi connectivity index (χ3n) is 7.88. The van der Waals surface area contributed by atoms with Gasteiger partial charge in [-0.25, -0.2) is 0 Å². The summed E-state index contributed by atoms with van der Waals surface area (Å²) in [5.41, 5.74) is 3.05. The van der Waals surface area contributed by atoms with Crippen molar-refractivity contribution in [3.63, 3.8) is 0 Å². The van der Waals surface area contributed by atoms with Gasteiger partial charge in [0.25, 0.3) is 11.8 Å². The van der Waals surface area contributed by atoms with Gasteiger partial charge in [0.15, 0.2) is 11.6 Å². The zero-order valence-corrected chi connectivity index (χ0v) is 27.3. The number of hydrogen-bond acceptors (Lipinski definition) is 6. The monoisotopic (exact) mass is 665 g/mol. The van der Waals surface area contributed by atoms with Crippen LogP contribution in [0, 0.1) is 0 Å². The molecule has 0 aliphatic heterocycles. The molecule has 3 N–H and O–H groups in total. The second-order valence-corrected chi connectivity index (χ2v) is 12.5. The Morgan fingerprint density at radius 1 is 0.694 bits per heavy atom. The average molecular weight is 666 g/mol. The quantitative estimate of drug-likeness (QED) is 0.104. The number of rotatable bonds is 10. The maximum Gasteiger partial charge on any atom is 0.272 e. The molecule has 0 fully saturated rings. The van der Waals surface area contributed by atoms with Crippen molar-refractivity contribution in [3.8, 4) is 0 Å². The van der Waals surface area contributed by atoms with E-state index >= 15 is 0 Å². The van der Waals surface area contributed by atoms with Gasteiger partial charge >= 0.3 is 0 Å². The fraction of sp³-hybridized carbons (Fsp3) is 0.0750. The van der Waals surface area contributed by atoms with Crippen molar-refractivity contribution < 1.29 is 24.0 Å². The molecule has 0 aromatic heterocycles. The van der Waals surface area contributed by atoms with Gasteiger partial charge in [-0.1, -0.05) is 97.9 Å². The lowest BCUT2D eigenvalue weighted by atomic mass is 9.83. The van der Waals surface area contributed by atoms with Crippen LogP contribution in [0.25, 0.3) is 6.08 Å². The van der Waals surface area contributed by atoms with E-state index in [-0.39, 0.29) is 40.0 Å². The molecule has 0 heterocycles. The molecule has 9 heteroatoms. The molecule has 5 aromatic rings. The highest BCUT2D eigenvalue weighted by Crippen LogP contribution is 2.33. The van der Waals surface area contributed by atoms with Crippen LogP contribution in [0.5, 0.6) is 0 Å². The molecule has 1 atom stereocenters. The number of thioether (sulfide) groups is 1. The summed E-state index contributed by atoms with van der Waals surface area (Å²) in [6.07, 6.45) is 2.07. The van der Waals surface area contributed by atoms with E-state index in [4.69, 9.17) is 0 Å². The van der Waals surface area contributed by atoms with Crippen molar-refractivity contribution in [2.45, 2.75) is 23.5 Å². The molecule has 3 amide bonds. The Labute approximate surface area is 287 Å². The number of carbonyl (C=O) groups excluding carboxylic acids is 5. The van der Waals surface area contributed by atoms with Gasteiger partial charge in [0.1, 0.15) is 5.70 Å². The molecule has 49 heavy (non-hydrogen) atoms. The maximum absolute atomic E-state index is 13.6. The van der Waals surface area contributed by atoms with E-state index < -0.39 is 17.1 Å². The van der Waals surface area contributed by atoms with Gasteiger partial charge in [-0.3, -0.25) is 24.0 Å². The van der Waals surface area contributed by atoms with Crippen LogP contribution in [0.2, 0.25) is 0 Å². The fourth-order valence-corrected chi connectivity index (χ4v) is 6.47. The van der Waals surface area contributed by atoms with Gasteiger partial charge in [0, 0.05) is 32.8 Å². The summed E-state index contributed by atoms with van der Waals surface area (Å²) in [6.45, 7) is 1.88. The molecular weight excluding hydrogens is 635 g/mol. The van der Waals surface area contributed by atoms with Crippen LogP contribution in [0.4, 0.5) is 11.4 Å². The van der Waals surface area contributed by atoms with Crippen molar-refractivity contribution in [1.82, 2.24) is 5.32 Å². The molecule has 0 bridgehead atoms. The number of ketones is 2. The molecule has 0 radical (unpaired) electrons. The first-order chi connectivity index (χ1) is 23.8. The summed E-state index contributed by atoms with van der Waals surface area (Å²) in [7, 11) is 0. The van der Waals surface area contributed by atoms with Crippen molar-refractivity contribution in [3.05, 3.63) is 166 Å². The van der Waals surface area contributed by atoms with E-state index in [0.29, 0.717) is 28.8 Å². The van der Waals surface area contributed by atoms with E-state index in [1.165, 1.54) is 11.8 Å². The standard InChI is InChI=1S/C40H31N3O5S/c1-2-34(40(48)42-32-22-12-21-31-35(32)37(45)30-20-10-9-19-29(30)36(31)44)49-28-18-11-17-27(24-28)41-39(47)33(23-25-13-5-3-6-14-25)43-38(46)26-15-7-4-8-16-26/h3-24,34H,2H2,1H3,(H,41,47)(H,42,48)(H,43,46)/b33-23+. The highest BCUT2D eigenvalue weighted by Gasteiger charge is 2.32. The zero-order chi connectivity index (χ0) is 34.3. The highest BCUT2D eigenvalue weighted by atomic mass is 32.2. The zero-order valence-electron chi connectivity index (χ0n) is 26.4. The maximum atomic E-state index is 13.6. The number of fused-ring (bicyclic) bond motifs is 2. The first kappa shape index (κ1) is 32.9. The number of anilines is 2. The minimum Gasteiger partial charge on any atom is -0.324 e. The smallest absolute Gasteiger partial charge is 0.272 e. The van der Waals surface area contributed by atoms with Gasteiger partial charge in [-0.05, 0) is 54.5 Å². The van der Waals surface area contributed by atoms with Gasteiger partial charge in [-0.2, -0.15) is 0 Å². The van der Waals surface area contributed by atoms with E-state index in [1.54, 1.807) is 97.1 Å². The number of amides is 3. The van der Waals surface area contributed by atoms with Crippen LogP contribution >= 0.6 is 11.8 Å². The van der Waals surface area contributed by atoms with E-state index in [2.05, 4.69) is 16.0 Å². The third kappa shape index (κ3) is 7.42. The molecule has 0 saturated carbocycles. The lowest BCUT2D eigenvalue weighted by Crippen LogP contribution is -2.30. The molecule has 0 spiro atoms. The van der Waals surface area contributed by atoms with Crippen LogP contribution in [-0.4, -0.2) is 34.5 Å². The van der Waals surface area contributed by atoms with Gasteiger partial charge < -0.3 is 16.0 Å². The third-order valence-corrected chi connectivity index (χ3v) is 9.24. The summed E-state index contributed by atoms with van der Waals surface area (Å²) < 4.78 is 0. The van der Waals surface area contributed by atoms with Crippen molar-refractivity contribution in [2.75, 3.05) is 10.6 Å². The largest absolute Gasteiger partial charge is 0.324 e. The Bertz CT molecular complexity index is 2110. The predicted octanol–water partition coefficient (Wildman–Crippen LogP) is 7.38. The summed E-state index contributed by atoms with van der Waals surface area (Å²) >= 11 is 1.30. The molecular formula is C40H31N3O5S. The average Bonchev–Trinajstić information content (AvgIpc) is 3.13. The molecule has 1 aliphatic carbocycles. The van der Waals surface area contributed by atoms with E-state index in [9.17, 15) is 24.0 Å². The number of nitrogens with one attached hydrogen (secondary N) is 3. The number of benzene rings is 5. The SMILES string of the molecule is CCC(Sc1cccc(NC(=O)/C(=C\c2ccccc2)NC(=O)c2ccccc2)c1)C(=O)Nc1cccc2c1C(=O)c1ccccc1C2=O. The number of hydrogen-bond donors (Lipinski definition) is 3. The number of carbonyl (C=O) groups is 5. The predicted molar refractivity (Wildman–Crippen MR) is 192 cm³/mol. The topological polar surface area (TPSA) is 121 Å². The summed E-state index contributed by atoms with van der Waals surface area (Å²) in [5, 5.41) is 7.94. The Morgan fingerprint density at radius 2 is 1.33 bits per heavy atom. The molecule has 1 unspecified atom stereocenters. The van der Waals surface area contributed by atoms with E-state index in [0.717, 1.165) is 10.5 Å². The highest BCUT2D eigenvalue weighted by molar-refractivity contribution is 8.00. The first-order valence-electron chi connectivity index (χ1n) is 15.7. The molecule has 5 aromatic carbocycles. The van der Waals surface area contributed by atoms with Gasteiger partial charge in [0.05, 0.1) is 16.5 Å². The van der Waals surface area contributed by atoms with Crippen molar-refractivity contribution in [2.24, 2.45) is 0 Å². The molecule has 0 saturated heterocycles. The van der Waals surface area contributed by atoms with Crippen LogP contribution in [0.15, 0.2) is 138 Å². The lowest BCUT2D eigenvalue weighted by molar-refractivity contribution is -0.116. The summed E-state index contributed by atoms with van der Waals surface area (Å²) in [4.78, 5) is 67.3. The molecule has 1 aliphatic rings. The molecule has 242 valence electrons. The Morgan fingerprint density at radius 3 is 2.04 bits per heavy atom. The minimum absolute atomic E-state index is 0.0609. The minimum atomic E-state index is -0.554. The van der Waals surface area contributed by atoms with Crippen LogP contribution in [-0.2, 0) is 9.59 Å². The fourth-order valence-electron chi connectivity index (χ4n) is 5.45. The van der Waals surface area contributed by atoms with Gasteiger partial charge in [0.2, 0.25) is 5.91 Å². The lowest BCUT2D eigenvalue weighted by Gasteiger charge is -2.21. The first-order valence-corrected chi connectivity index (χ1v) is 16.5. The van der Waals surface area contributed by atoms with Crippen molar-refractivity contribution in [1.29, 1.82) is 0 Å². The van der Waals surface area contributed by atoms with Gasteiger partial charge in [-0.15, -0.1) is 11.8 Å². The van der Waals surface area contributed by atoms with Crippen LogP contribution in [0.1, 0.15) is 61.1 Å². The van der Waals surface area contributed by atoms with Crippen molar-refractivity contribution >= 4 is 58.5 Å². The second kappa shape index (κ2) is 14.8. The molecule has 8 nitrogen and oxygen atoms in total. The Kier molecular flexibility index (Phi) is 9.92. The van der Waals surface area contributed by atoms with E-state index in [1.807, 2.05) is 43.3 Å². The summed E-state index contributed by atoms with van der Waals surface area (Å²) in [6, 6.07) is 36.4. The second-order valence-electron chi connectivity index (χ2n) is 11.2. The van der Waals surface area contributed by atoms with Crippen LogP contribution < -0.4 is 16.0 Å². The molecule has 6 rings (SSSR count). The summed E-state index contributed by atoms with van der Waals surface area (Å²) in [5.74, 6) is -1.84. The Balaban J connectivity index is 1.18. The Hall–Kier alpha value is -6.06. The van der Waals surface area contributed by atoms with Crippen LogP contribution in [0.3, 0.4) is 0 Å².